The van der Waals surface area contributed by atoms with E-state index in [2.05, 4.69) is 21.2 Å². The van der Waals surface area contributed by atoms with Crippen LogP contribution in [0.1, 0.15) is 19.4 Å². The summed E-state index contributed by atoms with van der Waals surface area (Å²) in [6.45, 7) is 3.59. The molecule has 0 saturated carbocycles. The predicted molar refractivity (Wildman–Crippen MR) is 74.9 cm³/mol. The van der Waals surface area contributed by atoms with Crippen LogP contribution in [0.3, 0.4) is 0 Å². The summed E-state index contributed by atoms with van der Waals surface area (Å²) < 4.78 is 13.5. The molecule has 0 amide bonds. The molecule has 0 saturated heterocycles. The zero-order valence-electron chi connectivity index (χ0n) is 10.4. The van der Waals surface area contributed by atoms with Crippen LogP contribution in [-0.2, 0) is 0 Å². The lowest BCUT2D eigenvalue weighted by molar-refractivity contribution is -0.425. The van der Waals surface area contributed by atoms with Crippen LogP contribution in [0.2, 0.25) is 0 Å². The number of hydrogen-bond donors (Lipinski definition) is 3. The topological polar surface area (TPSA) is 107 Å². The molecule has 0 aromatic heterocycles. The minimum Gasteiger partial charge on any atom is -0.398 e. The molecule has 8 heteroatoms. The van der Waals surface area contributed by atoms with E-state index in [1.807, 2.05) is 0 Å². The lowest BCUT2D eigenvalue weighted by Gasteiger charge is -2.16. The molecule has 104 valence electrons. The molecule has 0 aliphatic heterocycles. The SMILES string of the molecule is CC(C)N/C(=C(/N)[N+](=O)[O-])c1cc(Br)c(F)cc1N. The Morgan fingerprint density at radius 2 is 2.11 bits per heavy atom. The van der Waals surface area contributed by atoms with Gasteiger partial charge >= 0.3 is 5.82 Å². The molecule has 0 bridgehead atoms. The monoisotopic (exact) mass is 332 g/mol. The number of rotatable bonds is 4. The molecule has 19 heavy (non-hydrogen) atoms. The van der Waals surface area contributed by atoms with E-state index >= 15 is 0 Å². The maximum absolute atomic E-state index is 13.3. The van der Waals surface area contributed by atoms with Crippen molar-refractivity contribution in [2.24, 2.45) is 5.73 Å². The summed E-state index contributed by atoms with van der Waals surface area (Å²) in [7, 11) is 0. The molecular weight excluding hydrogens is 319 g/mol. The molecule has 0 aliphatic carbocycles. The van der Waals surface area contributed by atoms with Crippen molar-refractivity contribution in [3.63, 3.8) is 0 Å². The minimum absolute atomic E-state index is 0.0636. The molecule has 1 rings (SSSR count). The fourth-order valence-electron chi connectivity index (χ4n) is 1.45. The van der Waals surface area contributed by atoms with Crippen LogP contribution in [0.5, 0.6) is 0 Å². The molecule has 0 fully saturated rings. The highest BCUT2D eigenvalue weighted by Gasteiger charge is 2.19. The van der Waals surface area contributed by atoms with Crippen molar-refractivity contribution in [3.8, 4) is 0 Å². The van der Waals surface area contributed by atoms with E-state index in [0.717, 1.165) is 6.07 Å². The second kappa shape index (κ2) is 5.87. The fraction of sp³-hybridized carbons (Fsp3) is 0.273. The van der Waals surface area contributed by atoms with E-state index in [1.165, 1.54) is 6.07 Å². The maximum Gasteiger partial charge on any atom is 0.338 e. The van der Waals surface area contributed by atoms with Gasteiger partial charge in [-0.1, -0.05) is 0 Å². The number of benzene rings is 1. The van der Waals surface area contributed by atoms with Crippen LogP contribution in [0.4, 0.5) is 10.1 Å². The fourth-order valence-corrected chi connectivity index (χ4v) is 1.79. The van der Waals surface area contributed by atoms with E-state index in [0.29, 0.717) is 0 Å². The van der Waals surface area contributed by atoms with Gasteiger partial charge in [-0.05, 0) is 46.8 Å². The van der Waals surface area contributed by atoms with Crippen LogP contribution < -0.4 is 16.8 Å². The zero-order chi connectivity index (χ0) is 14.7. The van der Waals surface area contributed by atoms with Crippen LogP contribution in [0.15, 0.2) is 22.4 Å². The summed E-state index contributed by atoms with van der Waals surface area (Å²) in [5.74, 6) is -1.12. The first kappa shape index (κ1) is 15.2. The number of nitrogens with one attached hydrogen (secondary N) is 1. The first-order valence-corrected chi connectivity index (χ1v) is 6.19. The van der Waals surface area contributed by atoms with Gasteiger partial charge in [0.1, 0.15) is 11.5 Å². The number of anilines is 1. The van der Waals surface area contributed by atoms with Gasteiger partial charge in [-0.2, -0.15) is 0 Å². The van der Waals surface area contributed by atoms with Gasteiger partial charge in [0.05, 0.1) is 4.47 Å². The van der Waals surface area contributed by atoms with Crippen molar-refractivity contribution in [2.45, 2.75) is 19.9 Å². The molecule has 0 radical (unpaired) electrons. The predicted octanol–water partition coefficient (Wildman–Crippen LogP) is 2.03. The lowest BCUT2D eigenvalue weighted by atomic mass is 10.1. The van der Waals surface area contributed by atoms with Gasteiger partial charge in [0.2, 0.25) is 0 Å². The first-order chi connectivity index (χ1) is 8.73. The van der Waals surface area contributed by atoms with Crippen molar-refractivity contribution >= 4 is 27.3 Å². The third kappa shape index (κ3) is 3.57. The van der Waals surface area contributed by atoms with E-state index in [9.17, 15) is 14.5 Å². The standard InChI is InChI=1S/C11H14BrFN4O2/c1-5(2)16-10(11(15)17(18)19)6-3-7(12)8(13)4-9(6)14/h3-5,16H,14-15H2,1-2H3/b11-10-. The number of nitrogen functional groups attached to an aromatic ring is 1. The third-order valence-corrected chi connectivity index (χ3v) is 2.86. The van der Waals surface area contributed by atoms with E-state index in [-0.39, 0.29) is 27.5 Å². The van der Waals surface area contributed by atoms with Crippen molar-refractivity contribution in [1.82, 2.24) is 5.32 Å². The number of nitro groups is 1. The Morgan fingerprint density at radius 3 is 2.58 bits per heavy atom. The van der Waals surface area contributed by atoms with Gasteiger partial charge in [0.15, 0.2) is 0 Å². The molecule has 0 unspecified atom stereocenters. The second-order valence-corrected chi connectivity index (χ2v) is 5.02. The maximum atomic E-state index is 13.3. The highest BCUT2D eigenvalue weighted by atomic mass is 79.9. The van der Waals surface area contributed by atoms with Crippen molar-refractivity contribution in [2.75, 3.05) is 5.73 Å². The van der Waals surface area contributed by atoms with Crippen LogP contribution in [0, 0.1) is 15.9 Å². The Bertz CT molecular complexity index is 546. The van der Waals surface area contributed by atoms with Crippen LogP contribution >= 0.6 is 15.9 Å². The molecule has 0 aliphatic rings. The Morgan fingerprint density at radius 1 is 1.53 bits per heavy atom. The van der Waals surface area contributed by atoms with Crippen molar-refractivity contribution < 1.29 is 9.31 Å². The quantitative estimate of drug-likeness (QED) is 0.444. The van der Waals surface area contributed by atoms with Gasteiger partial charge in [0.25, 0.3) is 0 Å². The molecule has 1 aromatic rings. The van der Waals surface area contributed by atoms with E-state index in [1.54, 1.807) is 13.8 Å². The summed E-state index contributed by atoms with van der Waals surface area (Å²) in [6, 6.07) is 2.33. The minimum atomic E-state index is -0.721. The second-order valence-electron chi connectivity index (χ2n) is 4.17. The summed E-state index contributed by atoms with van der Waals surface area (Å²) in [5, 5.41) is 13.7. The first-order valence-electron chi connectivity index (χ1n) is 5.39. The van der Waals surface area contributed by atoms with Crippen molar-refractivity contribution in [1.29, 1.82) is 0 Å². The molecule has 6 nitrogen and oxygen atoms in total. The number of hydrogen-bond acceptors (Lipinski definition) is 5. The number of nitrogens with zero attached hydrogens (tertiary/aromatic N) is 1. The van der Waals surface area contributed by atoms with E-state index in [4.69, 9.17) is 11.5 Å². The Kier molecular flexibility index (Phi) is 4.71. The summed E-state index contributed by atoms with van der Waals surface area (Å²) in [6.07, 6.45) is 0. The Hall–Kier alpha value is -1.83. The van der Waals surface area contributed by atoms with Gasteiger partial charge in [-0.3, -0.25) is 5.73 Å². The normalized spacial score (nSPS) is 12.3. The molecule has 1 aromatic carbocycles. The molecule has 0 heterocycles. The summed E-state index contributed by atoms with van der Waals surface area (Å²) in [5.41, 5.74) is 11.5. The van der Waals surface area contributed by atoms with Crippen LogP contribution in [0.25, 0.3) is 5.70 Å². The highest BCUT2D eigenvalue weighted by molar-refractivity contribution is 9.10. The van der Waals surface area contributed by atoms with Crippen molar-refractivity contribution in [3.05, 3.63) is 43.9 Å². The van der Waals surface area contributed by atoms with Gasteiger partial charge in [-0.15, -0.1) is 0 Å². The molecule has 5 N–H and O–H groups in total. The van der Waals surface area contributed by atoms with Gasteiger partial charge in [0, 0.05) is 17.3 Å². The number of nitrogens with two attached hydrogens (primary N) is 2. The van der Waals surface area contributed by atoms with Gasteiger partial charge in [-0.25, -0.2) is 4.39 Å². The average Bonchev–Trinajstić information content (AvgIpc) is 2.30. The van der Waals surface area contributed by atoms with Gasteiger partial charge < -0.3 is 21.2 Å². The molecule has 0 spiro atoms. The lowest BCUT2D eigenvalue weighted by Crippen LogP contribution is -2.27. The summed E-state index contributed by atoms with van der Waals surface area (Å²) >= 11 is 3.01. The van der Waals surface area contributed by atoms with Crippen LogP contribution in [-0.4, -0.2) is 11.0 Å². The Balaban J connectivity index is 3.46. The largest absolute Gasteiger partial charge is 0.398 e. The van der Waals surface area contributed by atoms with E-state index < -0.39 is 16.6 Å². The summed E-state index contributed by atoms with van der Waals surface area (Å²) in [4.78, 5) is 10.1. The number of halogens is 2. The highest BCUT2D eigenvalue weighted by Crippen LogP contribution is 2.28. The average molecular weight is 333 g/mol. The molecular formula is C11H14BrFN4O2. The molecule has 0 atom stereocenters. The Labute approximate surface area is 117 Å². The third-order valence-electron chi connectivity index (χ3n) is 2.25. The smallest absolute Gasteiger partial charge is 0.338 e. The zero-order valence-corrected chi connectivity index (χ0v) is 12.0.